The molecule has 3 heteroatoms. The van der Waals surface area contributed by atoms with Crippen LogP contribution in [-0.2, 0) is 11.4 Å². The number of hydrogen-bond acceptors (Lipinski definition) is 3. The summed E-state index contributed by atoms with van der Waals surface area (Å²) >= 11 is 0. The van der Waals surface area contributed by atoms with Gasteiger partial charge in [0.1, 0.15) is 5.75 Å². The van der Waals surface area contributed by atoms with Crippen LogP contribution >= 0.6 is 0 Å². The summed E-state index contributed by atoms with van der Waals surface area (Å²) in [4.78, 5) is 4.67. The average Bonchev–Trinajstić information content (AvgIpc) is 3.01. The van der Waals surface area contributed by atoms with Crippen molar-refractivity contribution in [2.75, 3.05) is 6.61 Å². The Bertz CT molecular complexity index is 334. The highest BCUT2D eigenvalue weighted by molar-refractivity contribution is 5.36. The predicted molar refractivity (Wildman–Crippen MR) is 58.4 cm³/mol. The van der Waals surface area contributed by atoms with Crippen molar-refractivity contribution in [3.05, 3.63) is 29.3 Å². The van der Waals surface area contributed by atoms with Crippen molar-refractivity contribution >= 4 is 0 Å². The summed E-state index contributed by atoms with van der Waals surface area (Å²) < 4.78 is 5.73. The van der Waals surface area contributed by atoms with Crippen LogP contribution in [0, 0.1) is 12.8 Å². The lowest BCUT2D eigenvalue weighted by Gasteiger charge is -2.11. The average molecular weight is 207 g/mol. The molecular weight excluding hydrogens is 190 g/mol. The molecule has 82 valence electrons. The molecular formula is C12H17NO2. The van der Waals surface area contributed by atoms with E-state index in [9.17, 15) is 0 Å². The summed E-state index contributed by atoms with van der Waals surface area (Å²) in [6.45, 7) is 3.27. The van der Waals surface area contributed by atoms with E-state index in [4.69, 9.17) is 10.6 Å². The Morgan fingerprint density at radius 2 is 2.20 bits per heavy atom. The van der Waals surface area contributed by atoms with E-state index >= 15 is 0 Å². The molecule has 0 atom stereocenters. The van der Waals surface area contributed by atoms with Gasteiger partial charge in [0.15, 0.2) is 0 Å². The molecule has 2 rings (SSSR count). The Morgan fingerprint density at radius 3 is 2.87 bits per heavy atom. The normalized spacial score (nSPS) is 15.3. The van der Waals surface area contributed by atoms with Gasteiger partial charge in [-0.25, -0.2) is 5.90 Å². The molecule has 0 radical (unpaired) electrons. The Hall–Kier alpha value is -1.06. The minimum Gasteiger partial charge on any atom is -0.493 e. The lowest BCUT2D eigenvalue weighted by molar-refractivity contribution is 0.121. The Morgan fingerprint density at radius 1 is 1.40 bits per heavy atom. The third-order valence-electron chi connectivity index (χ3n) is 2.63. The van der Waals surface area contributed by atoms with Gasteiger partial charge in [0.2, 0.25) is 0 Å². The Labute approximate surface area is 90.1 Å². The molecule has 0 bridgehead atoms. The summed E-state index contributed by atoms with van der Waals surface area (Å²) in [6.07, 6.45) is 2.60. The van der Waals surface area contributed by atoms with Gasteiger partial charge in [0.25, 0.3) is 0 Å². The monoisotopic (exact) mass is 207 g/mol. The van der Waals surface area contributed by atoms with Gasteiger partial charge in [-0.1, -0.05) is 11.6 Å². The molecule has 15 heavy (non-hydrogen) atoms. The Kier molecular flexibility index (Phi) is 3.23. The van der Waals surface area contributed by atoms with Crippen molar-refractivity contribution in [1.82, 2.24) is 0 Å². The summed E-state index contributed by atoms with van der Waals surface area (Å²) in [6, 6.07) is 6.09. The van der Waals surface area contributed by atoms with Gasteiger partial charge in [-0.05, 0) is 37.8 Å². The molecule has 0 unspecified atom stereocenters. The van der Waals surface area contributed by atoms with Crippen molar-refractivity contribution in [2.45, 2.75) is 26.4 Å². The number of rotatable bonds is 5. The quantitative estimate of drug-likeness (QED) is 0.752. The van der Waals surface area contributed by atoms with E-state index in [-0.39, 0.29) is 0 Å². The van der Waals surface area contributed by atoms with Gasteiger partial charge in [0.05, 0.1) is 13.2 Å². The van der Waals surface area contributed by atoms with Crippen LogP contribution in [0.25, 0.3) is 0 Å². The first-order chi connectivity index (χ1) is 7.29. The van der Waals surface area contributed by atoms with Crippen LogP contribution in [0.4, 0.5) is 0 Å². The molecule has 3 nitrogen and oxygen atoms in total. The zero-order valence-corrected chi connectivity index (χ0v) is 9.03. The molecule has 1 fully saturated rings. The first kappa shape index (κ1) is 10.5. The van der Waals surface area contributed by atoms with E-state index in [1.165, 1.54) is 18.4 Å². The van der Waals surface area contributed by atoms with E-state index in [0.717, 1.165) is 23.8 Å². The number of benzene rings is 1. The third kappa shape index (κ3) is 2.94. The fraction of sp³-hybridized carbons (Fsp3) is 0.500. The number of aryl methyl sites for hydroxylation is 1. The lowest BCUT2D eigenvalue weighted by atomic mass is 10.1. The van der Waals surface area contributed by atoms with E-state index < -0.39 is 0 Å². The first-order valence-electron chi connectivity index (χ1n) is 5.33. The summed E-state index contributed by atoms with van der Waals surface area (Å²) in [5, 5.41) is 0. The van der Waals surface area contributed by atoms with Gasteiger partial charge in [-0.15, -0.1) is 0 Å². The molecule has 0 aromatic heterocycles. The van der Waals surface area contributed by atoms with E-state index in [1.54, 1.807) is 0 Å². The van der Waals surface area contributed by atoms with Crippen LogP contribution in [0.5, 0.6) is 5.75 Å². The summed E-state index contributed by atoms with van der Waals surface area (Å²) in [5.41, 5.74) is 2.22. The number of nitrogens with two attached hydrogens (primary N) is 1. The minimum absolute atomic E-state index is 0.404. The molecule has 0 amide bonds. The molecule has 0 spiro atoms. The third-order valence-corrected chi connectivity index (χ3v) is 2.63. The van der Waals surface area contributed by atoms with Crippen molar-refractivity contribution < 1.29 is 9.57 Å². The lowest BCUT2D eigenvalue weighted by Crippen LogP contribution is -2.05. The topological polar surface area (TPSA) is 44.5 Å². The van der Waals surface area contributed by atoms with Crippen molar-refractivity contribution in [2.24, 2.45) is 11.8 Å². The summed E-state index contributed by atoms with van der Waals surface area (Å²) in [7, 11) is 0. The highest BCUT2D eigenvalue weighted by Crippen LogP contribution is 2.30. The molecule has 2 N–H and O–H groups in total. The van der Waals surface area contributed by atoms with Crippen LogP contribution in [-0.4, -0.2) is 6.61 Å². The fourth-order valence-corrected chi connectivity index (χ4v) is 1.54. The standard InChI is InChI=1S/C12H17NO2/c1-9-2-5-12(11(6-9)8-15-13)14-7-10-3-4-10/h2,5-6,10H,3-4,7-8,13H2,1H3. The molecule has 1 aromatic carbocycles. The van der Waals surface area contributed by atoms with Crippen molar-refractivity contribution in [1.29, 1.82) is 0 Å². The van der Waals surface area contributed by atoms with Crippen molar-refractivity contribution in [3.63, 3.8) is 0 Å². The predicted octanol–water partition coefficient (Wildman–Crippen LogP) is 2.17. The Balaban J connectivity index is 2.04. The molecule has 1 aromatic rings. The maximum atomic E-state index is 5.73. The van der Waals surface area contributed by atoms with E-state index in [1.807, 2.05) is 19.1 Å². The van der Waals surface area contributed by atoms with Crippen LogP contribution < -0.4 is 10.6 Å². The molecule has 0 saturated heterocycles. The number of hydrogen-bond donors (Lipinski definition) is 1. The zero-order valence-electron chi connectivity index (χ0n) is 9.03. The van der Waals surface area contributed by atoms with Crippen LogP contribution in [0.15, 0.2) is 18.2 Å². The van der Waals surface area contributed by atoms with Gasteiger partial charge in [-0.3, -0.25) is 4.84 Å². The smallest absolute Gasteiger partial charge is 0.124 e. The second-order valence-corrected chi connectivity index (χ2v) is 4.18. The van der Waals surface area contributed by atoms with Crippen LogP contribution in [0.1, 0.15) is 24.0 Å². The number of ether oxygens (including phenoxy) is 1. The molecule has 0 aliphatic heterocycles. The van der Waals surface area contributed by atoms with E-state index in [2.05, 4.69) is 10.9 Å². The molecule has 1 aliphatic carbocycles. The second kappa shape index (κ2) is 4.64. The SMILES string of the molecule is Cc1ccc(OCC2CC2)c(CON)c1. The van der Waals surface area contributed by atoms with Crippen LogP contribution in [0.3, 0.4) is 0 Å². The highest BCUT2D eigenvalue weighted by atomic mass is 16.6. The largest absolute Gasteiger partial charge is 0.493 e. The van der Waals surface area contributed by atoms with Crippen molar-refractivity contribution in [3.8, 4) is 5.75 Å². The van der Waals surface area contributed by atoms with Gasteiger partial charge in [0, 0.05) is 5.56 Å². The zero-order chi connectivity index (χ0) is 10.7. The van der Waals surface area contributed by atoms with E-state index in [0.29, 0.717) is 6.61 Å². The van der Waals surface area contributed by atoms with Gasteiger partial charge < -0.3 is 4.74 Å². The minimum atomic E-state index is 0.404. The summed E-state index contributed by atoms with van der Waals surface area (Å²) in [5.74, 6) is 6.76. The highest BCUT2D eigenvalue weighted by Gasteiger charge is 2.22. The second-order valence-electron chi connectivity index (χ2n) is 4.18. The molecule has 0 heterocycles. The van der Waals surface area contributed by atoms with Gasteiger partial charge >= 0.3 is 0 Å². The maximum absolute atomic E-state index is 5.73. The maximum Gasteiger partial charge on any atom is 0.124 e. The fourth-order valence-electron chi connectivity index (χ4n) is 1.54. The molecule has 1 aliphatic rings. The van der Waals surface area contributed by atoms with Crippen LogP contribution in [0.2, 0.25) is 0 Å². The first-order valence-corrected chi connectivity index (χ1v) is 5.33. The molecule has 1 saturated carbocycles. The van der Waals surface area contributed by atoms with Gasteiger partial charge in [-0.2, -0.15) is 0 Å².